The van der Waals surface area contributed by atoms with E-state index in [0.717, 1.165) is 22.3 Å². The van der Waals surface area contributed by atoms with Gasteiger partial charge in [0.1, 0.15) is 11.3 Å². The second kappa shape index (κ2) is 7.85. The molecule has 1 atom stereocenters. The Balaban J connectivity index is 1.37. The number of carbonyl (C=O) groups is 1. The maximum absolute atomic E-state index is 12.4. The molecule has 7 nitrogen and oxygen atoms in total. The summed E-state index contributed by atoms with van der Waals surface area (Å²) >= 11 is 1.34. The number of rotatable bonds is 6. The minimum absolute atomic E-state index is 0.0936. The summed E-state index contributed by atoms with van der Waals surface area (Å²) in [6.45, 7) is 1.91. The van der Waals surface area contributed by atoms with Crippen LogP contribution >= 0.6 is 11.8 Å². The Morgan fingerprint density at radius 1 is 1.25 bits per heavy atom. The molecule has 28 heavy (non-hydrogen) atoms. The Bertz CT molecular complexity index is 1070. The van der Waals surface area contributed by atoms with Crippen LogP contribution in [0.5, 0.6) is 0 Å². The van der Waals surface area contributed by atoms with Gasteiger partial charge in [-0.05, 0) is 31.2 Å². The van der Waals surface area contributed by atoms with Crippen LogP contribution in [0.15, 0.2) is 64.4 Å². The third-order valence-electron chi connectivity index (χ3n) is 4.34. The Kier molecular flexibility index (Phi) is 5.12. The fourth-order valence-electron chi connectivity index (χ4n) is 2.89. The molecule has 0 aliphatic carbocycles. The first-order chi connectivity index (χ1) is 13.6. The molecule has 0 bridgehead atoms. The molecule has 1 aromatic carbocycles. The molecule has 142 valence electrons. The SMILES string of the molecule is C[C@H](NC(=O)CSc1nnc(-c2cccnc2)n1C)c1cc2ccccc2o1. The molecule has 1 amide bonds. The molecule has 3 heterocycles. The van der Waals surface area contributed by atoms with E-state index in [-0.39, 0.29) is 17.7 Å². The molecule has 4 rings (SSSR count). The van der Waals surface area contributed by atoms with Gasteiger partial charge in [-0.25, -0.2) is 0 Å². The number of para-hydroxylation sites is 1. The number of nitrogens with one attached hydrogen (secondary N) is 1. The van der Waals surface area contributed by atoms with Crippen molar-refractivity contribution in [2.24, 2.45) is 7.05 Å². The molecule has 0 spiro atoms. The third kappa shape index (κ3) is 3.77. The molecule has 0 aliphatic heterocycles. The third-order valence-corrected chi connectivity index (χ3v) is 5.36. The number of carbonyl (C=O) groups excluding carboxylic acids is 1. The van der Waals surface area contributed by atoms with Crippen molar-refractivity contribution in [3.63, 3.8) is 0 Å². The summed E-state index contributed by atoms with van der Waals surface area (Å²) in [6, 6.07) is 13.3. The van der Waals surface area contributed by atoms with Gasteiger partial charge in [0, 0.05) is 30.4 Å². The molecule has 0 saturated carbocycles. The highest BCUT2D eigenvalue weighted by Gasteiger charge is 2.16. The van der Waals surface area contributed by atoms with Crippen LogP contribution in [0.4, 0.5) is 0 Å². The number of furan rings is 1. The minimum atomic E-state index is -0.217. The fourth-order valence-corrected chi connectivity index (χ4v) is 3.61. The molecule has 8 heteroatoms. The van der Waals surface area contributed by atoms with Gasteiger partial charge in [-0.2, -0.15) is 0 Å². The van der Waals surface area contributed by atoms with Crippen molar-refractivity contribution in [1.29, 1.82) is 0 Å². The molecule has 3 aromatic heterocycles. The van der Waals surface area contributed by atoms with Gasteiger partial charge in [0.25, 0.3) is 0 Å². The average molecular weight is 393 g/mol. The zero-order valence-corrected chi connectivity index (χ0v) is 16.3. The average Bonchev–Trinajstić information content (AvgIpc) is 3.30. The molecule has 0 saturated heterocycles. The quantitative estimate of drug-likeness (QED) is 0.504. The smallest absolute Gasteiger partial charge is 0.231 e. The maximum Gasteiger partial charge on any atom is 0.231 e. The highest BCUT2D eigenvalue weighted by Crippen LogP contribution is 2.24. The lowest BCUT2D eigenvalue weighted by Gasteiger charge is -2.11. The lowest BCUT2D eigenvalue weighted by atomic mass is 10.2. The molecule has 0 aliphatic rings. The maximum atomic E-state index is 12.4. The van der Waals surface area contributed by atoms with E-state index < -0.39 is 0 Å². The Labute approximate surface area is 166 Å². The number of fused-ring (bicyclic) bond motifs is 1. The normalized spacial score (nSPS) is 12.2. The van der Waals surface area contributed by atoms with Crippen LogP contribution in [-0.2, 0) is 11.8 Å². The zero-order valence-electron chi connectivity index (χ0n) is 15.5. The second-order valence-electron chi connectivity index (χ2n) is 6.37. The molecule has 4 aromatic rings. The van der Waals surface area contributed by atoms with Gasteiger partial charge >= 0.3 is 0 Å². The summed E-state index contributed by atoms with van der Waals surface area (Å²) in [5, 5.41) is 13.0. The first kappa shape index (κ1) is 18.2. The van der Waals surface area contributed by atoms with Crippen molar-refractivity contribution in [2.45, 2.75) is 18.1 Å². The number of pyridine rings is 1. The fraction of sp³-hybridized carbons (Fsp3) is 0.200. The lowest BCUT2D eigenvalue weighted by Crippen LogP contribution is -2.28. The Morgan fingerprint density at radius 2 is 2.11 bits per heavy atom. The van der Waals surface area contributed by atoms with Crippen LogP contribution in [0.3, 0.4) is 0 Å². The standard InChI is InChI=1S/C20H19N5O2S/c1-13(17-10-14-6-3-4-8-16(14)27-17)22-18(26)12-28-20-24-23-19(25(20)2)15-7-5-9-21-11-15/h3-11,13H,12H2,1-2H3,(H,22,26)/t13-/m0/s1. The first-order valence-corrected chi connectivity index (χ1v) is 9.81. The largest absolute Gasteiger partial charge is 0.459 e. The van der Waals surface area contributed by atoms with Crippen molar-refractivity contribution in [3.8, 4) is 11.4 Å². The molecule has 0 radical (unpaired) electrons. The van der Waals surface area contributed by atoms with Crippen molar-refractivity contribution in [3.05, 3.63) is 60.6 Å². The molecular formula is C20H19N5O2S. The number of aromatic nitrogens is 4. The number of hydrogen-bond acceptors (Lipinski definition) is 6. The zero-order chi connectivity index (χ0) is 19.5. The number of amides is 1. The van der Waals surface area contributed by atoms with Crippen molar-refractivity contribution >= 4 is 28.6 Å². The van der Waals surface area contributed by atoms with E-state index in [9.17, 15) is 4.79 Å². The molecular weight excluding hydrogens is 374 g/mol. The van der Waals surface area contributed by atoms with Crippen LogP contribution in [0.2, 0.25) is 0 Å². The van der Waals surface area contributed by atoms with E-state index in [0.29, 0.717) is 11.0 Å². The summed E-state index contributed by atoms with van der Waals surface area (Å²) in [5.41, 5.74) is 1.70. The lowest BCUT2D eigenvalue weighted by molar-refractivity contribution is -0.119. The van der Waals surface area contributed by atoms with E-state index in [1.165, 1.54) is 11.8 Å². The number of benzene rings is 1. The van der Waals surface area contributed by atoms with Gasteiger partial charge in [-0.1, -0.05) is 30.0 Å². The van der Waals surface area contributed by atoms with Crippen LogP contribution in [0.25, 0.3) is 22.4 Å². The van der Waals surface area contributed by atoms with E-state index in [4.69, 9.17) is 4.42 Å². The van der Waals surface area contributed by atoms with Crippen molar-refractivity contribution in [2.75, 3.05) is 5.75 Å². The topological polar surface area (TPSA) is 85.8 Å². The summed E-state index contributed by atoms with van der Waals surface area (Å²) < 4.78 is 7.67. The molecule has 0 unspecified atom stereocenters. The number of thioether (sulfide) groups is 1. The second-order valence-corrected chi connectivity index (χ2v) is 7.31. The summed E-state index contributed by atoms with van der Waals surface area (Å²) in [4.78, 5) is 16.5. The molecule has 0 fully saturated rings. The van der Waals surface area contributed by atoms with Crippen LogP contribution in [0.1, 0.15) is 18.7 Å². The molecule has 1 N–H and O–H groups in total. The van der Waals surface area contributed by atoms with Crippen molar-refractivity contribution in [1.82, 2.24) is 25.1 Å². The predicted molar refractivity (Wildman–Crippen MR) is 108 cm³/mol. The van der Waals surface area contributed by atoms with Gasteiger partial charge in [-0.3, -0.25) is 9.78 Å². The summed E-state index contributed by atoms with van der Waals surface area (Å²) in [7, 11) is 1.87. The van der Waals surface area contributed by atoms with Crippen LogP contribution < -0.4 is 5.32 Å². The highest BCUT2D eigenvalue weighted by atomic mass is 32.2. The van der Waals surface area contributed by atoms with Crippen molar-refractivity contribution < 1.29 is 9.21 Å². The van der Waals surface area contributed by atoms with Gasteiger partial charge in [0.2, 0.25) is 5.91 Å². The van der Waals surface area contributed by atoms with E-state index in [2.05, 4.69) is 20.5 Å². The van der Waals surface area contributed by atoms with Gasteiger partial charge in [0.15, 0.2) is 11.0 Å². The highest BCUT2D eigenvalue weighted by molar-refractivity contribution is 7.99. The Hall–Kier alpha value is -3.13. The van der Waals surface area contributed by atoms with Gasteiger partial charge in [0.05, 0.1) is 11.8 Å². The monoisotopic (exact) mass is 393 g/mol. The van der Waals surface area contributed by atoms with E-state index >= 15 is 0 Å². The van der Waals surface area contributed by atoms with E-state index in [1.54, 1.807) is 12.4 Å². The minimum Gasteiger partial charge on any atom is -0.459 e. The summed E-state index contributed by atoms with van der Waals surface area (Å²) in [5.74, 6) is 1.59. The van der Waals surface area contributed by atoms with E-state index in [1.807, 2.05) is 61.0 Å². The Morgan fingerprint density at radius 3 is 2.89 bits per heavy atom. The van der Waals surface area contributed by atoms with Gasteiger partial charge in [-0.15, -0.1) is 10.2 Å². The van der Waals surface area contributed by atoms with Gasteiger partial charge < -0.3 is 14.3 Å². The number of hydrogen-bond donors (Lipinski definition) is 1. The number of nitrogens with zero attached hydrogens (tertiary/aromatic N) is 4. The summed E-state index contributed by atoms with van der Waals surface area (Å²) in [6.07, 6.45) is 3.45. The first-order valence-electron chi connectivity index (χ1n) is 8.82. The predicted octanol–water partition coefficient (Wildman–Crippen LogP) is 3.59. The van der Waals surface area contributed by atoms with Crippen LogP contribution in [-0.4, -0.2) is 31.4 Å². The van der Waals surface area contributed by atoms with Crippen LogP contribution in [0, 0.1) is 0 Å².